The molecule has 21 heavy (non-hydrogen) atoms. The predicted octanol–water partition coefficient (Wildman–Crippen LogP) is -0.438. The second kappa shape index (κ2) is 4.91. The number of hydrogen-bond donors (Lipinski definition) is 3. The number of fused-ring (bicyclic) bond motifs is 1. The fourth-order valence-electron chi connectivity index (χ4n) is 2.50. The molecule has 1 fully saturated rings. The van der Waals surface area contributed by atoms with Crippen molar-refractivity contribution in [1.29, 1.82) is 0 Å². The lowest BCUT2D eigenvalue weighted by Crippen LogP contribution is -2.24. The molecule has 0 bridgehead atoms. The predicted molar refractivity (Wildman–Crippen MR) is 70.2 cm³/mol. The zero-order valence-electron chi connectivity index (χ0n) is 10.8. The largest absolute Gasteiger partial charge is 0.394 e. The van der Waals surface area contributed by atoms with Gasteiger partial charge in [-0.1, -0.05) is 0 Å². The summed E-state index contributed by atoms with van der Waals surface area (Å²) in [7, 11) is 0. The Kier molecular flexibility index (Phi) is 3.20. The molecular weight excluding hydrogens is 282 g/mol. The van der Waals surface area contributed by atoms with E-state index in [9.17, 15) is 15.2 Å². The molecule has 1 aliphatic rings. The molecule has 3 rings (SSSR count). The van der Waals surface area contributed by atoms with Crippen molar-refractivity contribution in [2.24, 2.45) is 0 Å². The summed E-state index contributed by atoms with van der Waals surface area (Å²) < 4.78 is 6.72. The molecule has 3 atom stereocenters. The number of nitro groups is 1. The van der Waals surface area contributed by atoms with E-state index >= 15 is 0 Å². The van der Waals surface area contributed by atoms with Gasteiger partial charge in [-0.25, -0.2) is 4.98 Å². The van der Waals surface area contributed by atoms with Crippen molar-refractivity contribution in [2.75, 3.05) is 12.3 Å². The smallest absolute Gasteiger partial charge is 0.327 e. The van der Waals surface area contributed by atoms with Crippen LogP contribution in [0.4, 0.5) is 11.6 Å². The highest BCUT2D eigenvalue weighted by atomic mass is 16.6. The van der Waals surface area contributed by atoms with Crippen LogP contribution in [0.1, 0.15) is 12.6 Å². The van der Waals surface area contributed by atoms with Gasteiger partial charge in [0.1, 0.15) is 18.2 Å². The van der Waals surface area contributed by atoms with Crippen LogP contribution in [0.5, 0.6) is 0 Å². The van der Waals surface area contributed by atoms with E-state index in [1.165, 1.54) is 17.0 Å². The van der Waals surface area contributed by atoms with E-state index in [2.05, 4.69) is 9.97 Å². The Hall–Kier alpha value is -2.30. The lowest BCUT2D eigenvalue weighted by molar-refractivity contribution is -0.393. The third-order valence-corrected chi connectivity index (χ3v) is 3.50. The maximum Gasteiger partial charge on any atom is 0.327 e. The number of anilines is 1. The van der Waals surface area contributed by atoms with Gasteiger partial charge >= 0.3 is 5.82 Å². The molecule has 0 radical (unpaired) electrons. The van der Waals surface area contributed by atoms with Crippen molar-refractivity contribution in [3.05, 3.63) is 22.5 Å². The summed E-state index contributed by atoms with van der Waals surface area (Å²) in [6, 6.07) is 1.27. The second-order valence-electron chi connectivity index (χ2n) is 4.74. The lowest BCUT2D eigenvalue weighted by Gasteiger charge is -2.11. The van der Waals surface area contributed by atoms with Gasteiger partial charge in [-0.15, -0.1) is 0 Å². The number of ether oxygens (including phenoxy) is 1. The van der Waals surface area contributed by atoms with Crippen LogP contribution in [-0.2, 0) is 4.74 Å². The van der Waals surface area contributed by atoms with Gasteiger partial charge in [-0.05, 0) is 4.92 Å². The quantitative estimate of drug-likeness (QED) is 0.509. The minimum absolute atomic E-state index is 0.111. The molecule has 0 saturated carbocycles. The van der Waals surface area contributed by atoms with Gasteiger partial charge in [0.15, 0.2) is 0 Å². The number of aliphatic hydroxyl groups excluding tert-OH is 2. The van der Waals surface area contributed by atoms with Gasteiger partial charge in [0.25, 0.3) is 0 Å². The van der Waals surface area contributed by atoms with Crippen LogP contribution in [0.15, 0.2) is 12.4 Å². The van der Waals surface area contributed by atoms with Crippen LogP contribution in [-0.4, -0.2) is 48.5 Å². The molecule has 0 amide bonds. The van der Waals surface area contributed by atoms with Crippen molar-refractivity contribution in [3.8, 4) is 0 Å². The molecule has 112 valence electrons. The average molecular weight is 295 g/mol. The molecule has 4 N–H and O–H groups in total. The highest BCUT2D eigenvalue weighted by Gasteiger charge is 2.40. The first-order valence-electron chi connectivity index (χ1n) is 6.23. The molecule has 2 aromatic rings. The number of aliphatic hydroxyl groups is 2. The molecule has 0 spiro atoms. The molecule has 0 unspecified atom stereocenters. The molecule has 0 aromatic carbocycles. The van der Waals surface area contributed by atoms with Crippen LogP contribution in [0, 0.1) is 10.1 Å². The Morgan fingerprint density at radius 2 is 2.33 bits per heavy atom. The number of hydrogen-bond acceptors (Lipinski definition) is 8. The van der Waals surface area contributed by atoms with Crippen molar-refractivity contribution in [1.82, 2.24) is 14.5 Å². The molecular formula is C11H13N5O5. The third kappa shape index (κ3) is 2.09. The summed E-state index contributed by atoms with van der Waals surface area (Å²) in [5.74, 6) is -0.132. The monoisotopic (exact) mass is 295 g/mol. The fraction of sp³-hybridized carbons (Fsp3) is 0.455. The number of nitrogens with zero attached hydrogens (tertiary/aromatic N) is 4. The molecule has 0 aliphatic carbocycles. The first-order chi connectivity index (χ1) is 10.0. The fourth-order valence-corrected chi connectivity index (χ4v) is 2.50. The summed E-state index contributed by atoms with van der Waals surface area (Å²) in [4.78, 5) is 18.4. The highest BCUT2D eigenvalue weighted by Crippen LogP contribution is 2.36. The van der Waals surface area contributed by atoms with Crippen molar-refractivity contribution >= 4 is 22.7 Å². The van der Waals surface area contributed by atoms with Crippen LogP contribution in [0.2, 0.25) is 0 Å². The maximum absolute atomic E-state index is 11.2. The van der Waals surface area contributed by atoms with E-state index in [1.807, 2.05) is 0 Å². The third-order valence-electron chi connectivity index (χ3n) is 3.50. The Balaban J connectivity index is 2.15. The van der Waals surface area contributed by atoms with Crippen molar-refractivity contribution < 1.29 is 19.9 Å². The second-order valence-corrected chi connectivity index (χ2v) is 4.74. The van der Waals surface area contributed by atoms with Crippen LogP contribution in [0.25, 0.3) is 11.0 Å². The number of nitrogens with two attached hydrogens (primary N) is 1. The van der Waals surface area contributed by atoms with E-state index < -0.39 is 23.4 Å². The first-order valence-corrected chi connectivity index (χ1v) is 6.23. The minimum Gasteiger partial charge on any atom is -0.394 e. The Labute approximate surface area is 117 Å². The molecule has 10 heteroatoms. The van der Waals surface area contributed by atoms with Gasteiger partial charge in [0, 0.05) is 12.5 Å². The topological polar surface area (TPSA) is 150 Å². The summed E-state index contributed by atoms with van der Waals surface area (Å²) in [6.45, 7) is -0.373. The first kappa shape index (κ1) is 13.7. The zero-order chi connectivity index (χ0) is 15.1. The van der Waals surface area contributed by atoms with Gasteiger partial charge in [0.2, 0.25) is 11.9 Å². The lowest BCUT2D eigenvalue weighted by atomic mass is 10.2. The Morgan fingerprint density at radius 3 is 2.95 bits per heavy atom. The van der Waals surface area contributed by atoms with Gasteiger partial charge in [-0.2, -0.15) is 9.55 Å². The summed E-state index contributed by atoms with van der Waals surface area (Å²) in [5.41, 5.74) is 5.96. The molecule has 1 aliphatic heterocycles. The van der Waals surface area contributed by atoms with Crippen molar-refractivity contribution in [3.63, 3.8) is 0 Å². The SMILES string of the molecule is Nc1ncnc2c1cc([N+](=O)[O-])n2[C@H]1C[C@H](O)[C@@H](CO)O1. The van der Waals surface area contributed by atoms with Crippen LogP contribution in [0.3, 0.4) is 0 Å². The summed E-state index contributed by atoms with van der Waals surface area (Å²) >= 11 is 0. The minimum atomic E-state index is -0.906. The normalized spacial score (nSPS) is 25.5. The van der Waals surface area contributed by atoms with E-state index in [-0.39, 0.29) is 30.3 Å². The van der Waals surface area contributed by atoms with Gasteiger partial charge in [-0.3, -0.25) is 0 Å². The standard InChI is InChI=1S/C11H13N5O5/c12-10-5-1-8(16(19)20)15(11(5)14-4-13-10)9-2-6(18)7(3-17)21-9/h1,4,6-7,9,17-18H,2-3H2,(H2,12,13,14)/t6-,7+,9+/m0/s1. The van der Waals surface area contributed by atoms with E-state index in [0.29, 0.717) is 5.39 Å². The number of rotatable bonds is 3. The van der Waals surface area contributed by atoms with Crippen LogP contribution < -0.4 is 5.73 Å². The average Bonchev–Trinajstić information content (AvgIpc) is 3.00. The molecule has 2 aromatic heterocycles. The Morgan fingerprint density at radius 1 is 1.57 bits per heavy atom. The zero-order valence-corrected chi connectivity index (χ0v) is 10.8. The molecule has 3 heterocycles. The van der Waals surface area contributed by atoms with Crippen LogP contribution >= 0.6 is 0 Å². The van der Waals surface area contributed by atoms with Gasteiger partial charge < -0.3 is 30.8 Å². The van der Waals surface area contributed by atoms with E-state index in [4.69, 9.17) is 15.6 Å². The number of aromatic nitrogens is 3. The maximum atomic E-state index is 11.2. The van der Waals surface area contributed by atoms with Gasteiger partial charge in [0.05, 0.1) is 18.1 Å². The number of nitrogen functional groups attached to an aromatic ring is 1. The summed E-state index contributed by atoms with van der Waals surface area (Å²) in [5, 5.41) is 30.5. The Bertz CT molecular complexity index is 702. The van der Waals surface area contributed by atoms with E-state index in [0.717, 1.165) is 0 Å². The summed E-state index contributed by atoms with van der Waals surface area (Å²) in [6.07, 6.45) is -1.18. The molecule has 1 saturated heterocycles. The highest BCUT2D eigenvalue weighted by molar-refractivity contribution is 5.88. The molecule has 10 nitrogen and oxygen atoms in total. The van der Waals surface area contributed by atoms with Crippen molar-refractivity contribution in [2.45, 2.75) is 24.9 Å². The van der Waals surface area contributed by atoms with E-state index in [1.54, 1.807) is 0 Å².